The normalized spacial score (nSPS) is 10.9. The molecule has 98 valence electrons. The number of nitrogens with zero attached hydrogens (tertiary/aromatic N) is 5. The van der Waals surface area contributed by atoms with E-state index in [9.17, 15) is 0 Å². The molecule has 2 aromatic heterocycles. The minimum atomic E-state index is 0.725. The van der Waals surface area contributed by atoms with Crippen LogP contribution in [0.4, 0.5) is 10.8 Å². The number of nitrogen functional groups attached to an aromatic ring is 1. The van der Waals surface area contributed by atoms with Crippen LogP contribution in [-0.2, 0) is 6.54 Å². The number of aryl methyl sites for hydroxylation is 2. The molecule has 0 saturated heterocycles. The van der Waals surface area contributed by atoms with Crippen LogP contribution in [0.1, 0.15) is 12.6 Å². The van der Waals surface area contributed by atoms with Gasteiger partial charge in [-0.2, -0.15) is 5.10 Å². The van der Waals surface area contributed by atoms with Crippen molar-refractivity contribution >= 4 is 33.9 Å². The highest BCUT2D eigenvalue weighted by Gasteiger charge is 2.16. The summed E-state index contributed by atoms with van der Waals surface area (Å²) in [6.45, 7) is 4.75. The topological polar surface area (TPSA) is 72.9 Å². The van der Waals surface area contributed by atoms with Crippen molar-refractivity contribution in [3.05, 3.63) is 5.69 Å². The summed E-state index contributed by atoms with van der Waals surface area (Å²) in [6.07, 6.45) is 0. The molecule has 0 fully saturated rings. The van der Waals surface area contributed by atoms with Gasteiger partial charge in [0.05, 0.1) is 11.4 Å². The summed E-state index contributed by atoms with van der Waals surface area (Å²) < 4.78 is 2.77. The second-order valence-electron chi connectivity index (χ2n) is 3.97. The maximum atomic E-state index is 6.04. The average molecular weight is 284 g/mol. The molecule has 8 heteroatoms. The van der Waals surface area contributed by atoms with Crippen LogP contribution >= 0.6 is 23.1 Å². The lowest BCUT2D eigenvalue weighted by Gasteiger charge is -2.04. The second kappa shape index (κ2) is 5.15. The first-order chi connectivity index (χ1) is 8.52. The first-order valence-corrected chi connectivity index (χ1v) is 7.17. The van der Waals surface area contributed by atoms with Gasteiger partial charge in [-0.3, -0.25) is 4.68 Å². The third-order valence-electron chi connectivity index (χ3n) is 2.39. The zero-order valence-corrected chi connectivity index (χ0v) is 12.5. The lowest BCUT2D eigenvalue weighted by atomic mass is 10.4. The van der Waals surface area contributed by atoms with E-state index in [1.54, 1.807) is 11.3 Å². The molecule has 0 aliphatic carbocycles. The van der Waals surface area contributed by atoms with Gasteiger partial charge in [0.2, 0.25) is 5.13 Å². The first-order valence-electron chi connectivity index (χ1n) is 5.54. The third-order valence-corrected chi connectivity index (χ3v) is 4.65. The molecule has 0 radical (unpaired) electrons. The summed E-state index contributed by atoms with van der Waals surface area (Å²) >= 11 is 3.06. The van der Waals surface area contributed by atoms with E-state index in [0.29, 0.717) is 0 Å². The summed E-state index contributed by atoms with van der Waals surface area (Å²) in [6, 6.07) is 0. The van der Waals surface area contributed by atoms with E-state index < -0.39 is 0 Å². The lowest BCUT2D eigenvalue weighted by Crippen LogP contribution is -2.07. The molecule has 2 N–H and O–H groups in total. The lowest BCUT2D eigenvalue weighted by molar-refractivity contribution is 0.602. The maximum Gasteiger partial charge on any atom is 0.208 e. The quantitative estimate of drug-likeness (QED) is 0.924. The second-order valence-corrected chi connectivity index (χ2v) is 6.16. The average Bonchev–Trinajstić information content (AvgIpc) is 2.89. The zero-order valence-electron chi connectivity index (χ0n) is 10.8. The van der Waals surface area contributed by atoms with Crippen LogP contribution in [0.5, 0.6) is 0 Å². The van der Waals surface area contributed by atoms with Crippen LogP contribution in [0.3, 0.4) is 0 Å². The van der Waals surface area contributed by atoms with Crippen LogP contribution in [-0.4, -0.2) is 34.1 Å². The minimum absolute atomic E-state index is 0.725. The van der Waals surface area contributed by atoms with Gasteiger partial charge in [-0.1, -0.05) is 11.3 Å². The fourth-order valence-corrected chi connectivity index (χ4v) is 3.31. The third kappa shape index (κ3) is 2.44. The molecule has 2 rings (SSSR count). The Hall–Kier alpha value is -1.28. The minimum Gasteiger partial charge on any atom is -0.395 e. The van der Waals surface area contributed by atoms with E-state index in [4.69, 9.17) is 5.73 Å². The van der Waals surface area contributed by atoms with Crippen molar-refractivity contribution in [1.82, 2.24) is 20.0 Å². The van der Waals surface area contributed by atoms with E-state index in [1.165, 1.54) is 11.8 Å². The van der Waals surface area contributed by atoms with Crippen molar-refractivity contribution < 1.29 is 0 Å². The molecule has 0 atom stereocenters. The van der Waals surface area contributed by atoms with Gasteiger partial charge in [-0.05, 0) is 25.6 Å². The van der Waals surface area contributed by atoms with Gasteiger partial charge in [0, 0.05) is 20.6 Å². The van der Waals surface area contributed by atoms with E-state index in [1.807, 2.05) is 37.5 Å². The fraction of sp³-hybridized carbons (Fsp3) is 0.500. The largest absolute Gasteiger partial charge is 0.395 e. The van der Waals surface area contributed by atoms with Crippen molar-refractivity contribution in [3.8, 4) is 0 Å². The van der Waals surface area contributed by atoms with E-state index in [-0.39, 0.29) is 0 Å². The number of hydrogen-bond acceptors (Lipinski definition) is 7. The molecule has 0 aliphatic heterocycles. The monoisotopic (exact) mass is 284 g/mol. The molecule has 0 spiro atoms. The Morgan fingerprint density at radius 1 is 1.39 bits per heavy atom. The van der Waals surface area contributed by atoms with E-state index in [2.05, 4.69) is 15.3 Å². The standard InChI is InChI=1S/C10H16N6S2/c1-5-16-8(7(11)6(2)14-16)17-10-13-12-9(18-10)15(3)4/h5,11H2,1-4H3. The van der Waals surface area contributed by atoms with Crippen molar-refractivity contribution in [2.45, 2.75) is 29.8 Å². The highest BCUT2D eigenvalue weighted by molar-refractivity contribution is 8.01. The summed E-state index contributed by atoms with van der Waals surface area (Å²) in [5.41, 5.74) is 7.62. The molecule has 0 saturated carbocycles. The van der Waals surface area contributed by atoms with Crippen LogP contribution in [0, 0.1) is 6.92 Å². The van der Waals surface area contributed by atoms with Crippen LogP contribution in [0.2, 0.25) is 0 Å². The molecule has 2 aromatic rings. The Morgan fingerprint density at radius 2 is 2.11 bits per heavy atom. The fourth-order valence-electron chi connectivity index (χ4n) is 1.40. The van der Waals surface area contributed by atoms with Gasteiger partial charge in [-0.15, -0.1) is 10.2 Å². The van der Waals surface area contributed by atoms with Gasteiger partial charge >= 0.3 is 0 Å². The summed E-state index contributed by atoms with van der Waals surface area (Å²) in [5.74, 6) is 0. The van der Waals surface area contributed by atoms with Crippen LogP contribution in [0.25, 0.3) is 0 Å². The number of rotatable bonds is 4. The van der Waals surface area contributed by atoms with Gasteiger partial charge in [0.1, 0.15) is 5.03 Å². The smallest absolute Gasteiger partial charge is 0.208 e. The Labute approximate surface area is 114 Å². The van der Waals surface area contributed by atoms with E-state index >= 15 is 0 Å². The number of anilines is 2. The predicted molar refractivity (Wildman–Crippen MR) is 75.4 cm³/mol. The van der Waals surface area contributed by atoms with Crippen molar-refractivity contribution in [2.75, 3.05) is 24.7 Å². The molecular formula is C10H16N6S2. The van der Waals surface area contributed by atoms with Gasteiger partial charge in [0.15, 0.2) is 4.34 Å². The van der Waals surface area contributed by atoms with Crippen LogP contribution < -0.4 is 10.6 Å². The summed E-state index contributed by atoms with van der Waals surface area (Å²) in [5, 5.41) is 14.5. The molecule has 0 unspecified atom stereocenters. The van der Waals surface area contributed by atoms with Gasteiger partial charge < -0.3 is 10.6 Å². The van der Waals surface area contributed by atoms with Gasteiger partial charge in [-0.25, -0.2) is 0 Å². The Kier molecular flexibility index (Phi) is 3.76. The van der Waals surface area contributed by atoms with Crippen molar-refractivity contribution in [1.29, 1.82) is 0 Å². The Balaban J connectivity index is 2.27. The van der Waals surface area contributed by atoms with Crippen molar-refractivity contribution in [3.63, 3.8) is 0 Å². The summed E-state index contributed by atoms with van der Waals surface area (Å²) in [4.78, 5) is 1.94. The Morgan fingerprint density at radius 3 is 2.67 bits per heavy atom. The molecule has 2 heterocycles. The maximum absolute atomic E-state index is 6.04. The number of nitrogens with two attached hydrogens (primary N) is 1. The molecule has 6 nitrogen and oxygen atoms in total. The molecule has 0 aromatic carbocycles. The zero-order chi connectivity index (χ0) is 13.3. The summed E-state index contributed by atoms with van der Waals surface area (Å²) in [7, 11) is 3.90. The van der Waals surface area contributed by atoms with E-state index in [0.717, 1.165) is 32.4 Å². The first kappa shape index (κ1) is 13.2. The van der Waals surface area contributed by atoms with Crippen LogP contribution in [0.15, 0.2) is 9.37 Å². The molecule has 0 amide bonds. The van der Waals surface area contributed by atoms with Crippen molar-refractivity contribution in [2.24, 2.45) is 0 Å². The number of aromatic nitrogens is 4. The van der Waals surface area contributed by atoms with Gasteiger partial charge in [0.25, 0.3) is 0 Å². The SMILES string of the molecule is CCn1nc(C)c(N)c1Sc1nnc(N(C)C)s1. The Bertz CT molecular complexity index is 545. The number of hydrogen-bond donors (Lipinski definition) is 1. The predicted octanol–water partition coefficient (Wildman–Crippen LogP) is 1.86. The highest BCUT2D eigenvalue weighted by atomic mass is 32.2. The molecular weight excluding hydrogens is 268 g/mol. The molecule has 0 aliphatic rings. The molecule has 18 heavy (non-hydrogen) atoms. The highest BCUT2D eigenvalue weighted by Crippen LogP contribution is 2.36. The molecule has 0 bridgehead atoms.